The van der Waals surface area contributed by atoms with E-state index in [4.69, 9.17) is 10.4 Å². The van der Waals surface area contributed by atoms with Gasteiger partial charge in [-0.15, -0.1) is 0 Å². The summed E-state index contributed by atoms with van der Waals surface area (Å²) in [5, 5.41) is 17.4. The molecule has 0 atom stereocenters. The Morgan fingerprint density at radius 3 is 2.41 bits per heavy atom. The van der Waals surface area contributed by atoms with Gasteiger partial charge in [-0.1, -0.05) is 36.1 Å². The quantitative estimate of drug-likeness (QED) is 0.879. The smallest absolute Gasteiger partial charge is 0.303 e. The van der Waals surface area contributed by atoms with Crippen LogP contribution in [0.25, 0.3) is 0 Å². The average molecular weight is 289 g/mol. The summed E-state index contributed by atoms with van der Waals surface area (Å²) in [6.07, 6.45) is 1.05. The molecule has 0 saturated heterocycles. The number of hydrogen-bond donors (Lipinski definition) is 1. The number of benzene rings is 2. The fourth-order valence-corrected chi connectivity index (χ4v) is 2.00. The van der Waals surface area contributed by atoms with Crippen molar-refractivity contribution in [3.63, 3.8) is 0 Å². The van der Waals surface area contributed by atoms with Gasteiger partial charge in [-0.05, 0) is 41.8 Å². The van der Waals surface area contributed by atoms with Crippen LogP contribution in [0.5, 0.6) is 0 Å². The predicted molar refractivity (Wildman–Crippen MR) is 84.1 cm³/mol. The fraction of sp³-hybridized carbons (Fsp3) is 0.158. The van der Waals surface area contributed by atoms with Gasteiger partial charge in [-0.3, -0.25) is 4.79 Å². The van der Waals surface area contributed by atoms with Crippen LogP contribution in [-0.4, -0.2) is 11.1 Å². The van der Waals surface area contributed by atoms with E-state index in [1.54, 1.807) is 0 Å². The molecular weight excluding hydrogens is 274 g/mol. The van der Waals surface area contributed by atoms with Crippen molar-refractivity contribution in [3.8, 4) is 17.9 Å². The summed E-state index contributed by atoms with van der Waals surface area (Å²) in [5.41, 5.74) is 3.70. The molecule has 0 unspecified atom stereocenters. The maximum atomic E-state index is 10.5. The zero-order chi connectivity index (χ0) is 15.8. The van der Waals surface area contributed by atoms with E-state index in [2.05, 4.69) is 17.9 Å². The lowest BCUT2D eigenvalue weighted by Gasteiger charge is -1.98. The Hall–Kier alpha value is -3.04. The third-order valence-electron chi connectivity index (χ3n) is 3.14. The lowest BCUT2D eigenvalue weighted by Crippen LogP contribution is -1.97. The van der Waals surface area contributed by atoms with Gasteiger partial charge in [0.15, 0.2) is 0 Å². The molecule has 0 aliphatic carbocycles. The normalized spacial score (nSPS) is 9.41. The van der Waals surface area contributed by atoms with Crippen molar-refractivity contribution in [2.45, 2.75) is 19.3 Å². The van der Waals surface area contributed by atoms with Gasteiger partial charge in [0, 0.05) is 17.5 Å². The minimum Gasteiger partial charge on any atom is -0.481 e. The van der Waals surface area contributed by atoms with E-state index in [0.717, 1.165) is 22.3 Å². The molecule has 0 heterocycles. The number of carbonyl (C=O) groups is 1. The second-order valence-electron chi connectivity index (χ2n) is 4.88. The lowest BCUT2D eigenvalue weighted by atomic mass is 10.1. The van der Waals surface area contributed by atoms with E-state index in [9.17, 15) is 4.79 Å². The standard InChI is InChI=1S/C19H15NO2/c20-13-12-18-3-1-2-17(14-18)9-8-15-4-6-16(7-5-15)10-11-19(21)22/h1-7,14H,10-12H2,(H,21,22). The summed E-state index contributed by atoms with van der Waals surface area (Å²) >= 11 is 0. The average Bonchev–Trinajstić information content (AvgIpc) is 2.53. The van der Waals surface area contributed by atoms with Gasteiger partial charge in [-0.2, -0.15) is 5.26 Å². The summed E-state index contributed by atoms with van der Waals surface area (Å²) in [7, 11) is 0. The Morgan fingerprint density at radius 2 is 1.73 bits per heavy atom. The first kappa shape index (κ1) is 15.4. The molecule has 22 heavy (non-hydrogen) atoms. The molecule has 1 N–H and O–H groups in total. The topological polar surface area (TPSA) is 61.1 Å². The van der Waals surface area contributed by atoms with Crippen LogP contribution in [0.2, 0.25) is 0 Å². The van der Waals surface area contributed by atoms with Crippen molar-refractivity contribution in [1.82, 2.24) is 0 Å². The predicted octanol–water partition coefficient (Wildman–Crippen LogP) is 3.17. The minimum absolute atomic E-state index is 0.136. The number of nitriles is 1. The van der Waals surface area contributed by atoms with Crippen molar-refractivity contribution in [1.29, 1.82) is 5.26 Å². The monoisotopic (exact) mass is 289 g/mol. The number of aliphatic carboxylic acids is 1. The van der Waals surface area contributed by atoms with Crippen LogP contribution in [0.1, 0.15) is 28.7 Å². The van der Waals surface area contributed by atoms with Gasteiger partial charge in [0.1, 0.15) is 0 Å². The number of rotatable bonds is 4. The fourth-order valence-electron chi connectivity index (χ4n) is 2.00. The van der Waals surface area contributed by atoms with E-state index in [1.165, 1.54) is 0 Å². The van der Waals surface area contributed by atoms with Crippen molar-refractivity contribution in [3.05, 3.63) is 70.8 Å². The van der Waals surface area contributed by atoms with Crippen LogP contribution in [0.4, 0.5) is 0 Å². The molecule has 0 fully saturated rings. The number of hydrogen-bond acceptors (Lipinski definition) is 2. The first-order chi connectivity index (χ1) is 10.7. The zero-order valence-corrected chi connectivity index (χ0v) is 12.0. The van der Waals surface area contributed by atoms with E-state index in [-0.39, 0.29) is 6.42 Å². The van der Waals surface area contributed by atoms with Crippen LogP contribution in [0.3, 0.4) is 0 Å². The molecule has 0 aliphatic rings. The van der Waals surface area contributed by atoms with Crippen molar-refractivity contribution < 1.29 is 9.90 Å². The van der Waals surface area contributed by atoms with E-state index >= 15 is 0 Å². The summed E-state index contributed by atoms with van der Waals surface area (Å²) < 4.78 is 0. The molecule has 0 saturated carbocycles. The number of carboxylic acids is 1. The minimum atomic E-state index is -0.791. The largest absolute Gasteiger partial charge is 0.481 e. The molecule has 0 radical (unpaired) electrons. The first-order valence-electron chi connectivity index (χ1n) is 6.96. The number of aryl methyl sites for hydroxylation is 1. The van der Waals surface area contributed by atoms with E-state index < -0.39 is 5.97 Å². The van der Waals surface area contributed by atoms with Gasteiger partial charge in [0.25, 0.3) is 0 Å². The van der Waals surface area contributed by atoms with Gasteiger partial charge in [-0.25, -0.2) is 0 Å². The third-order valence-corrected chi connectivity index (χ3v) is 3.14. The molecule has 2 aromatic carbocycles. The third kappa shape index (κ3) is 4.81. The van der Waals surface area contributed by atoms with Crippen LogP contribution in [0, 0.1) is 23.2 Å². The molecule has 2 rings (SSSR count). The summed E-state index contributed by atoms with van der Waals surface area (Å²) in [4.78, 5) is 10.5. The highest BCUT2D eigenvalue weighted by atomic mass is 16.4. The molecule has 3 heteroatoms. The second-order valence-corrected chi connectivity index (χ2v) is 4.88. The Labute approximate surface area is 129 Å². The molecule has 3 nitrogen and oxygen atoms in total. The molecule has 2 aromatic rings. The van der Waals surface area contributed by atoms with E-state index in [0.29, 0.717) is 12.8 Å². The first-order valence-corrected chi connectivity index (χ1v) is 6.96. The van der Waals surface area contributed by atoms with E-state index in [1.807, 2.05) is 48.5 Å². The zero-order valence-electron chi connectivity index (χ0n) is 12.0. The summed E-state index contributed by atoms with van der Waals surface area (Å²) in [6.45, 7) is 0. The Balaban J connectivity index is 2.07. The molecule has 0 aromatic heterocycles. The van der Waals surface area contributed by atoms with Crippen LogP contribution < -0.4 is 0 Å². The Kier molecular flexibility index (Phi) is 5.35. The van der Waals surface area contributed by atoms with Crippen LogP contribution in [-0.2, 0) is 17.6 Å². The van der Waals surface area contributed by atoms with Gasteiger partial charge in [0.2, 0.25) is 0 Å². The SMILES string of the molecule is N#CCc1cccc(C#Cc2ccc(CCC(=O)O)cc2)c1. The van der Waals surface area contributed by atoms with Crippen LogP contribution in [0.15, 0.2) is 48.5 Å². The molecule has 0 spiro atoms. The maximum absolute atomic E-state index is 10.5. The summed E-state index contributed by atoms with van der Waals surface area (Å²) in [5.74, 6) is 5.36. The molecule has 108 valence electrons. The highest BCUT2D eigenvalue weighted by Crippen LogP contribution is 2.08. The maximum Gasteiger partial charge on any atom is 0.303 e. The second kappa shape index (κ2) is 7.67. The Morgan fingerprint density at radius 1 is 1.00 bits per heavy atom. The molecule has 0 bridgehead atoms. The van der Waals surface area contributed by atoms with Crippen molar-refractivity contribution >= 4 is 5.97 Å². The summed E-state index contributed by atoms with van der Waals surface area (Å²) in [6, 6.07) is 17.3. The lowest BCUT2D eigenvalue weighted by molar-refractivity contribution is -0.136. The van der Waals surface area contributed by atoms with Crippen LogP contribution >= 0.6 is 0 Å². The number of nitrogens with zero attached hydrogens (tertiary/aromatic N) is 1. The molecule has 0 amide bonds. The number of carboxylic acid groups (broad SMARTS) is 1. The van der Waals surface area contributed by atoms with Gasteiger partial charge < -0.3 is 5.11 Å². The Bertz CT molecular complexity index is 759. The highest BCUT2D eigenvalue weighted by molar-refractivity contribution is 5.67. The van der Waals surface area contributed by atoms with Gasteiger partial charge in [0.05, 0.1) is 12.5 Å². The molecular formula is C19H15NO2. The van der Waals surface area contributed by atoms with Gasteiger partial charge >= 0.3 is 5.97 Å². The highest BCUT2D eigenvalue weighted by Gasteiger charge is 1.98. The van der Waals surface area contributed by atoms with Crippen molar-refractivity contribution in [2.24, 2.45) is 0 Å². The molecule has 0 aliphatic heterocycles. The van der Waals surface area contributed by atoms with Crippen molar-refractivity contribution in [2.75, 3.05) is 0 Å².